The van der Waals surface area contributed by atoms with E-state index in [1.807, 2.05) is 17.8 Å². The monoisotopic (exact) mass is 252 g/mol. The van der Waals surface area contributed by atoms with Crippen LogP contribution in [0.2, 0.25) is 5.02 Å². The zero-order chi connectivity index (χ0) is 11.5. The van der Waals surface area contributed by atoms with E-state index in [2.05, 4.69) is 18.3 Å². The molecule has 2 nitrogen and oxygen atoms in total. The fraction of sp³-hybridized carbons (Fsp3) is 0.417. The van der Waals surface area contributed by atoms with Gasteiger partial charge in [0.15, 0.2) is 0 Å². The molecule has 0 radical (unpaired) electrons. The summed E-state index contributed by atoms with van der Waals surface area (Å²) < 4.78 is 0. The molecule has 0 aromatic heterocycles. The van der Waals surface area contributed by atoms with Gasteiger partial charge in [0.1, 0.15) is 0 Å². The minimum atomic E-state index is 0.491. The van der Waals surface area contributed by atoms with E-state index in [4.69, 9.17) is 16.9 Å². The first-order chi connectivity index (χ1) is 7.69. The van der Waals surface area contributed by atoms with Crippen LogP contribution < -0.4 is 5.32 Å². The fourth-order valence-electron chi connectivity index (χ4n) is 1.84. The van der Waals surface area contributed by atoms with Crippen molar-refractivity contribution >= 4 is 29.1 Å². The molecule has 84 valence electrons. The van der Waals surface area contributed by atoms with Crippen LogP contribution in [-0.4, -0.2) is 17.0 Å². The molecule has 1 aliphatic rings. The quantitative estimate of drug-likeness (QED) is 0.875. The first kappa shape index (κ1) is 11.6. The summed E-state index contributed by atoms with van der Waals surface area (Å²) in [5.74, 6) is 1.12. The van der Waals surface area contributed by atoms with Gasteiger partial charge in [0.2, 0.25) is 0 Å². The number of nitriles is 1. The summed E-state index contributed by atoms with van der Waals surface area (Å²) in [7, 11) is 0. The minimum absolute atomic E-state index is 0.491. The van der Waals surface area contributed by atoms with E-state index in [1.54, 1.807) is 12.1 Å². The van der Waals surface area contributed by atoms with E-state index in [1.165, 1.54) is 6.42 Å². The van der Waals surface area contributed by atoms with Crippen LogP contribution in [0.3, 0.4) is 0 Å². The first-order valence-corrected chi connectivity index (χ1v) is 6.69. The van der Waals surface area contributed by atoms with E-state index in [0.717, 1.165) is 16.7 Å². The minimum Gasteiger partial charge on any atom is -0.380 e. The lowest BCUT2D eigenvalue weighted by atomic mass is 10.1. The van der Waals surface area contributed by atoms with Gasteiger partial charge in [-0.05, 0) is 24.6 Å². The Morgan fingerprint density at radius 3 is 2.94 bits per heavy atom. The van der Waals surface area contributed by atoms with Gasteiger partial charge in [-0.1, -0.05) is 18.5 Å². The lowest BCUT2D eigenvalue weighted by molar-refractivity contribution is 0.747. The number of hydrogen-bond donors (Lipinski definition) is 1. The zero-order valence-corrected chi connectivity index (χ0v) is 10.6. The third-order valence-corrected chi connectivity index (χ3v) is 4.33. The third kappa shape index (κ3) is 2.63. The Balaban J connectivity index is 2.08. The van der Waals surface area contributed by atoms with Crippen LogP contribution in [0, 0.1) is 11.3 Å². The number of benzene rings is 1. The van der Waals surface area contributed by atoms with Crippen LogP contribution >= 0.6 is 23.4 Å². The van der Waals surface area contributed by atoms with Crippen LogP contribution in [0.4, 0.5) is 5.69 Å². The summed E-state index contributed by atoms with van der Waals surface area (Å²) in [6.45, 7) is 2.24. The standard InChI is InChI=1S/C12H13ClN2S/c1-8-4-10(7-16-8)15-12-3-2-9(6-14)5-11(12)13/h2-3,5,8,10,15H,4,7H2,1H3. The predicted octanol–water partition coefficient (Wildman–Crippen LogP) is 3.52. The molecule has 0 spiro atoms. The molecular weight excluding hydrogens is 240 g/mol. The van der Waals surface area contributed by atoms with Crippen molar-refractivity contribution in [3.05, 3.63) is 28.8 Å². The average Bonchev–Trinajstić information content (AvgIpc) is 2.67. The Labute approximate surface area is 105 Å². The Morgan fingerprint density at radius 1 is 1.56 bits per heavy atom. The topological polar surface area (TPSA) is 35.8 Å². The van der Waals surface area contributed by atoms with E-state index in [-0.39, 0.29) is 0 Å². The van der Waals surface area contributed by atoms with Crippen LogP contribution in [-0.2, 0) is 0 Å². The third-order valence-electron chi connectivity index (χ3n) is 2.66. The Hall–Kier alpha value is -0.850. The normalized spacial score (nSPS) is 24.1. The molecule has 2 rings (SSSR count). The Bertz CT molecular complexity index is 428. The Morgan fingerprint density at radius 2 is 2.38 bits per heavy atom. The first-order valence-electron chi connectivity index (χ1n) is 5.27. The Kier molecular flexibility index (Phi) is 3.63. The van der Waals surface area contributed by atoms with Gasteiger partial charge in [-0.25, -0.2) is 0 Å². The summed E-state index contributed by atoms with van der Waals surface area (Å²) in [6, 6.07) is 7.95. The van der Waals surface area contributed by atoms with Gasteiger partial charge in [0.25, 0.3) is 0 Å². The van der Waals surface area contributed by atoms with Gasteiger partial charge in [0, 0.05) is 17.0 Å². The van der Waals surface area contributed by atoms with Crippen molar-refractivity contribution < 1.29 is 0 Å². The summed E-state index contributed by atoms with van der Waals surface area (Å²) in [6.07, 6.45) is 1.17. The van der Waals surface area contributed by atoms with Crippen molar-refractivity contribution in [2.75, 3.05) is 11.1 Å². The molecule has 0 aliphatic carbocycles. The molecule has 16 heavy (non-hydrogen) atoms. The lowest BCUT2D eigenvalue weighted by Crippen LogP contribution is -2.19. The molecule has 1 aromatic carbocycles. The SMILES string of the molecule is CC1CC(Nc2ccc(C#N)cc2Cl)CS1. The molecule has 1 saturated heterocycles. The summed E-state index contributed by atoms with van der Waals surface area (Å²) in [5.41, 5.74) is 1.53. The highest BCUT2D eigenvalue weighted by Gasteiger charge is 2.22. The molecule has 4 heteroatoms. The predicted molar refractivity (Wildman–Crippen MR) is 70.1 cm³/mol. The fourth-order valence-corrected chi connectivity index (χ4v) is 3.22. The summed E-state index contributed by atoms with van der Waals surface area (Å²) in [5, 5.41) is 13.5. The maximum atomic E-state index is 8.74. The van der Waals surface area contributed by atoms with Gasteiger partial charge >= 0.3 is 0 Å². The van der Waals surface area contributed by atoms with E-state index >= 15 is 0 Å². The van der Waals surface area contributed by atoms with Crippen LogP contribution in [0.25, 0.3) is 0 Å². The van der Waals surface area contributed by atoms with Crippen molar-refractivity contribution in [1.29, 1.82) is 5.26 Å². The smallest absolute Gasteiger partial charge is 0.0992 e. The molecule has 2 atom stereocenters. The van der Waals surface area contributed by atoms with Crippen LogP contribution in [0.1, 0.15) is 18.9 Å². The van der Waals surface area contributed by atoms with E-state index < -0.39 is 0 Å². The molecule has 1 aliphatic heterocycles. The van der Waals surface area contributed by atoms with E-state index in [9.17, 15) is 0 Å². The lowest BCUT2D eigenvalue weighted by Gasteiger charge is -2.14. The number of anilines is 1. The van der Waals surface area contributed by atoms with Gasteiger partial charge in [-0.2, -0.15) is 17.0 Å². The number of rotatable bonds is 2. The maximum Gasteiger partial charge on any atom is 0.0992 e. The van der Waals surface area contributed by atoms with Crippen molar-refractivity contribution in [2.45, 2.75) is 24.6 Å². The molecule has 0 saturated carbocycles. The van der Waals surface area contributed by atoms with Gasteiger partial charge < -0.3 is 5.32 Å². The summed E-state index contributed by atoms with van der Waals surface area (Å²) >= 11 is 8.08. The summed E-state index contributed by atoms with van der Waals surface area (Å²) in [4.78, 5) is 0. The van der Waals surface area contributed by atoms with Gasteiger partial charge in [-0.15, -0.1) is 0 Å². The number of nitrogens with zero attached hydrogens (tertiary/aromatic N) is 1. The second-order valence-electron chi connectivity index (χ2n) is 4.03. The number of hydrogen-bond acceptors (Lipinski definition) is 3. The molecule has 2 unspecified atom stereocenters. The highest BCUT2D eigenvalue weighted by Crippen LogP contribution is 2.30. The molecule has 0 bridgehead atoms. The zero-order valence-electron chi connectivity index (χ0n) is 9.03. The van der Waals surface area contributed by atoms with Crippen LogP contribution in [0.5, 0.6) is 0 Å². The maximum absolute atomic E-state index is 8.74. The van der Waals surface area contributed by atoms with Crippen molar-refractivity contribution in [3.63, 3.8) is 0 Å². The van der Waals surface area contributed by atoms with Gasteiger partial charge in [-0.3, -0.25) is 0 Å². The number of halogens is 1. The molecule has 1 N–H and O–H groups in total. The van der Waals surface area contributed by atoms with Gasteiger partial charge in [0.05, 0.1) is 22.3 Å². The van der Waals surface area contributed by atoms with Crippen molar-refractivity contribution in [1.82, 2.24) is 0 Å². The van der Waals surface area contributed by atoms with Crippen molar-refractivity contribution in [3.8, 4) is 6.07 Å². The molecule has 1 fully saturated rings. The number of thioether (sulfide) groups is 1. The van der Waals surface area contributed by atoms with Crippen LogP contribution in [0.15, 0.2) is 18.2 Å². The molecular formula is C12H13ClN2S. The second-order valence-corrected chi connectivity index (χ2v) is 5.91. The highest BCUT2D eigenvalue weighted by molar-refractivity contribution is 8.00. The highest BCUT2D eigenvalue weighted by atomic mass is 35.5. The largest absolute Gasteiger partial charge is 0.380 e. The molecule has 1 aromatic rings. The van der Waals surface area contributed by atoms with Crippen molar-refractivity contribution in [2.24, 2.45) is 0 Å². The number of nitrogens with one attached hydrogen (secondary N) is 1. The average molecular weight is 253 g/mol. The molecule has 0 amide bonds. The van der Waals surface area contributed by atoms with E-state index in [0.29, 0.717) is 16.6 Å². The second kappa shape index (κ2) is 4.99. The molecule has 1 heterocycles.